The summed E-state index contributed by atoms with van der Waals surface area (Å²) in [7, 11) is 0. The number of halogens is 1. The first kappa shape index (κ1) is 15.0. The van der Waals surface area contributed by atoms with E-state index < -0.39 is 0 Å². The van der Waals surface area contributed by atoms with Gasteiger partial charge in [-0.2, -0.15) is 0 Å². The van der Waals surface area contributed by atoms with Crippen molar-refractivity contribution in [1.29, 1.82) is 0 Å². The number of terminal acetylenes is 1. The average Bonchev–Trinajstić information content (AvgIpc) is 3.08. The second-order valence-electron chi connectivity index (χ2n) is 4.66. The number of hydrogen-bond acceptors (Lipinski definition) is 4. The summed E-state index contributed by atoms with van der Waals surface area (Å²) in [6.07, 6.45) is 7.01. The van der Waals surface area contributed by atoms with Crippen molar-refractivity contribution in [1.82, 2.24) is 0 Å². The molecule has 0 amide bonds. The van der Waals surface area contributed by atoms with E-state index >= 15 is 0 Å². The summed E-state index contributed by atoms with van der Waals surface area (Å²) in [6, 6.07) is 0. The molecule has 19 heavy (non-hydrogen) atoms. The Morgan fingerprint density at radius 1 is 1.32 bits per heavy atom. The molecule has 3 rings (SSSR count). The number of hydrogen-bond donors (Lipinski definition) is 0. The van der Waals surface area contributed by atoms with Crippen molar-refractivity contribution in [2.24, 2.45) is 5.92 Å². The second-order valence-corrected chi connectivity index (χ2v) is 5.84. The fourth-order valence-electron chi connectivity index (χ4n) is 2.24. The maximum Gasteiger partial charge on any atom is 0.171 e. The van der Waals surface area contributed by atoms with Crippen LogP contribution in [0.1, 0.15) is 12.8 Å². The molecule has 4 nitrogen and oxygen atoms in total. The molecule has 0 radical (unpaired) electrons. The molecule has 106 valence electrons. The molecule has 0 N–H and O–H groups in total. The Balaban J connectivity index is 0.000000141. The predicted octanol–water partition coefficient (Wildman–Crippen LogP) is 2.08. The van der Waals surface area contributed by atoms with Crippen molar-refractivity contribution in [3.8, 4) is 12.3 Å². The minimum absolute atomic E-state index is 0.0532. The van der Waals surface area contributed by atoms with Crippen molar-refractivity contribution in [2.45, 2.75) is 30.2 Å². The SMILES string of the molecule is C#CCOC1OCCC1Br.C=C1COC2OCCC12. The minimum atomic E-state index is -0.143. The van der Waals surface area contributed by atoms with Crippen LogP contribution in [0.2, 0.25) is 0 Å². The highest BCUT2D eigenvalue weighted by Crippen LogP contribution is 2.33. The van der Waals surface area contributed by atoms with Gasteiger partial charge in [0.2, 0.25) is 0 Å². The zero-order chi connectivity index (χ0) is 13.7. The molecule has 0 bridgehead atoms. The minimum Gasteiger partial charge on any atom is -0.352 e. The molecule has 0 saturated carbocycles. The van der Waals surface area contributed by atoms with Gasteiger partial charge < -0.3 is 18.9 Å². The summed E-state index contributed by atoms with van der Waals surface area (Å²) in [5.41, 5.74) is 1.21. The lowest BCUT2D eigenvalue weighted by atomic mass is 10.0. The van der Waals surface area contributed by atoms with Crippen molar-refractivity contribution < 1.29 is 18.9 Å². The Kier molecular flexibility index (Phi) is 5.86. The quantitative estimate of drug-likeness (QED) is 0.441. The topological polar surface area (TPSA) is 36.9 Å². The zero-order valence-electron chi connectivity index (χ0n) is 10.8. The molecule has 3 fully saturated rings. The van der Waals surface area contributed by atoms with E-state index in [1.807, 2.05) is 0 Å². The summed E-state index contributed by atoms with van der Waals surface area (Å²) < 4.78 is 20.9. The number of fused-ring (bicyclic) bond motifs is 1. The van der Waals surface area contributed by atoms with Crippen LogP contribution in [0.3, 0.4) is 0 Å². The van der Waals surface area contributed by atoms with Gasteiger partial charge in [0, 0.05) is 5.92 Å². The first-order chi connectivity index (χ1) is 9.22. The maximum absolute atomic E-state index is 5.27. The fourth-order valence-corrected chi connectivity index (χ4v) is 2.73. The Hall–Kier alpha value is -0.380. The van der Waals surface area contributed by atoms with E-state index in [-0.39, 0.29) is 12.6 Å². The van der Waals surface area contributed by atoms with Crippen LogP contribution < -0.4 is 0 Å². The summed E-state index contributed by atoms with van der Waals surface area (Å²) in [6.45, 7) is 6.52. The molecule has 4 atom stereocenters. The van der Waals surface area contributed by atoms with Crippen molar-refractivity contribution in [3.05, 3.63) is 12.2 Å². The maximum atomic E-state index is 5.27. The fraction of sp³-hybridized carbons (Fsp3) is 0.714. The Bertz CT molecular complexity index is 352. The third-order valence-corrected chi connectivity index (χ3v) is 4.19. The van der Waals surface area contributed by atoms with E-state index in [0.717, 1.165) is 26.1 Å². The number of alkyl halides is 1. The van der Waals surface area contributed by atoms with Crippen LogP contribution in [0.4, 0.5) is 0 Å². The lowest BCUT2D eigenvalue weighted by molar-refractivity contribution is -0.0961. The lowest BCUT2D eigenvalue weighted by Gasteiger charge is -2.11. The summed E-state index contributed by atoms with van der Waals surface area (Å²) in [5, 5.41) is 0. The van der Waals surface area contributed by atoms with Gasteiger partial charge in [0.15, 0.2) is 12.6 Å². The summed E-state index contributed by atoms with van der Waals surface area (Å²) >= 11 is 3.42. The van der Waals surface area contributed by atoms with Crippen molar-refractivity contribution >= 4 is 15.9 Å². The molecular formula is C14H19BrO4. The third-order valence-electron chi connectivity index (χ3n) is 3.30. The predicted molar refractivity (Wildman–Crippen MR) is 74.8 cm³/mol. The monoisotopic (exact) mass is 330 g/mol. The van der Waals surface area contributed by atoms with Crippen LogP contribution in [-0.2, 0) is 18.9 Å². The van der Waals surface area contributed by atoms with Crippen LogP contribution in [0.25, 0.3) is 0 Å². The Morgan fingerprint density at radius 3 is 2.74 bits per heavy atom. The van der Waals surface area contributed by atoms with Gasteiger partial charge >= 0.3 is 0 Å². The lowest BCUT2D eigenvalue weighted by Crippen LogP contribution is -2.19. The summed E-state index contributed by atoms with van der Waals surface area (Å²) in [5.74, 6) is 2.90. The molecule has 0 aromatic heterocycles. The van der Waals surface area contributed by atoms with Gasteiger partial charge in [-0.25, -0.2) is 0 Å². The highest BCUT2D eigenvalue weighted by Gasteiger charge is 2.36. The van der Waals surface area contributed by atoms with Crippen LogP contribution in [-0.4, -0.2) is 43.8 Å². The van der Waals surface area contributed by atoms with Gasteiger partial charge in [-0.1, -0.05) is 28.4 Å². The molecule has 3 saturated heterocycles. The van der Waals surface area contributed by atoms with Crippen LogP contribution in [0.15, 0.2) is 12.2 Å². The van der Waals surface area contributed by atoms with Gasteiger partial charge in [-0.15, -0.1) is 6.42 Å². The highest BCUT2D eigenvalue weighted by molar-refractivity contribution is 9.09. The zero-order valence-corrected chi connectivity index (χ0v) is 12.4. The van der Waals surface area contributed by atoms with E-state index in [1.165, 1.54) is 5.57 Å². The van der Waals surface area contributed by atoms with E-state index in [1.54, 1.807) is 0 Å². The molecule has 3 heterocycles. The standard InChI is InChI=1S/C7H9BrO2.C7H10O2/c1-2-4-9-7-6(8)3-5-10-7;1-5-4-9-7-6(5)2-3-8-7/h1,6-7H,3-5H2;6-7H,1-4H2. The Labute approximate surface area is 122 Å². The van der Waals surface area contributed by atoms with E-state index in [9.17, 15) is 0 Å². The average molecular weight is 331 g/mol. The van der Waals surface area contributed by atoms with Gasteiger partial charge in [0.1, 0.15) is 6.61 Å². The largest absolute Gasteiger partial charge is 0.352 e. The van der Waals surface area contributed by atoms with Crippen LogP contribution >= 0.6 is 15.9 Å². The van der Waals surface area contributed by atoms with Crippen molar-refractivity contribution in [3.63, 3.8) is 0 Å². The molecule has 5 heteroatoms. The first-order valence-electron chi connectivity index (χ1n) is 6.44. The van der Waals surface area contributed by atoms with Gasteiger partial charge in [-0.05, 0) is 18.4 Å². The summed E-state index contributed by atoms with van der Waals surface area (Å²) in [4.78, 5) is 0.306. The number of ether oxygens (including phenoxy) is 4. The molecule has 0 aliphatic carbocycles. The molecule has 3 aliphatic rings. The molecule has 0 aromatic rings. The highest BCUT2D eigenvalue weighted by atomic mass is 79.9. The number of rotatable bonds is 2. The van der Waals surface area contributed by atoms with Gasteiger partial charge in [0.05, 0.1) is 24.6 Å². The Morgan fingerprint density at radius 2 is 2.11 bits per heavy atom. The normalized spacial score (nSPS) is 36.5. The molecular weight excluding hydrogens is 312 g/mol. The molecule has 0 spiro atoms. The van der Waals surface area contributed by atoms with Gasteiger partial charge in [0.25, 0.3) is 0 Å². The molecule has 4 unspecified atom stereocenters. The van der Waals surface area contributed by atoms with Crippen LogP contribution in [0, 0.1) is 18.3 Å². The van der Waals surface area contributed by atoms with E-state index in [2.05, 4.69) is 28.4 Å². The smallest absolute Gasteiger partial charge is 0.171 e. The van der Waals surface area contributed by atoms with Crippen molar-refractivity contribution in [2.75, 3.05) is 26.4 Å². The van der Waals surface area contributed by atoms with Gasteiger partial charge in [-0.3, -0.25) is 0 Å². The molecule has 0 aromatic carbocycles. The first-order valence-corrected chi connectivity index (χ1v) is 7.35. The van der Waals surface area contributed by atoms with E-state index in [0.29, 0.717) is 24.0 Å². The van der Waals surface area contributed by atoms with Crippen LogP contribution in [0.5, 0.6) is 0 Å². The second kappa shape index (κ2) is 7.41. The van der Waals surface area contributed by atoms with E-state index in [4.69, 9.17) is 25.4 Å². The molecule has 3 aliphatic heterocycles. The third kappa shape index (κ3) is 4.04.